The molecule has 1 aliphatic rings. The third-order valence-corrected chi connectivity index (χ3v) is 5.40. The molecular formula is C25H33N3O5. The number of nitrogens with one attached hydrogen (secondary N) is 1. The molecule has 2 aromatic rings. The lowest BCUT2D eigenvalue weighted by Gasteiger charge is -2.30. The quantitative estimate of drug-likeness (QED) is 0.556. The van der Waals surface area contributed by atoms with E-state index in [0.29, 0.717) is 53.9 Å². The number of amides is 2. The second kappa shape index (κ2) is 11.4. The number of benzene rings is 2. The van der Waals surface area contributed by atoms with Gasteiger partial charge in [0.25, 0.3) is 5.91 Å². The summed E-state index contributed by atoms with van der Waals surface area (Å²) in [6.07, 6.45) is 3.35. The molecule has 3 N–H and O–H groups in total. The highest BCUT2D eigenvalue weighted by Gasteiger charge is 2.21. The number of carbonyl (C=O) groups is 2. The Morgan fingerprint density at radius 2 is 1.48 bits per heavy atom. The molecule has 0 bridgehead atoms. The summed E-state index contributed by atoms with van der Waals surface area (Å²) in [5.41, 5.74) is 7.60. The van der Waals surface area contributed by atoms with Gasteiger partial charge in [0.15, 0.2) is 11.5 Å². The molecular weight excluding hydrogens is 422 g/mol. The largest absolute Gasteiger partial charge is 0.490 e. The normalized spacial score (nSPS) is 13.4. The highest BCUT2D eigenvalue weighted by Crippen LogP contribution is 2.39. The van der Waals surface area contributed by atoms with Crippen molar-refractivity contribution in [3.8, 4) is 17.2 Å². The smallest absolute Gasteiger partial charge is 0.255 e. The summed E-state index contributed by atoms with van der Waals surface area (Å²) in [6.45, 7) is 8.65. The first kappa shape index (κ1) is 24.2. The Hall–Kier alpha value is -3.42. The SMILES string of the molecule is CCOc1cc(C(=O)Nc2cc(C(N)=O)ccc2N2CCCCC2)cc(OCC)c1OCC. The van der Waals surface area contributed by atoms with Crippen LogP contribution in [-0.2, 0) is 0 Å². The van der Waals surface area contributed by atoms with Crippen LogP contribution < -0.4 is 30.2 Å². The maximum absolute atomic E-state index is 13.3. The van der Waals surface area contributed by atoms with Gasteiger partial charge in [-0.2, -0.15) is 0 Å². The van der Waals surface area contributed by atoms with Crippen LogP contribution in [0.15, 0.2) is 30.3 Å². The van der Waals surface area contributed by atoms with Crippen LogP contribution in [0.25, 0.3) is 0 Å². The van der Waals surface area contributed by atoms with Crippen LogP contribution in [-0.4, -0.2) is 44.7 Å². The zero-order chi connectivity index (χ0) is 23.8. The number of ether oxygens (including phenoxy) is 3. The van der Waals surface area contributed by atoms with Gasteiger partial charge in [-0.25, -0.2) is 0 Å². The van der Waals surface area contributed by atoms with Crippen LogP contribution in [0.4, 0.5) is 11.4 Å². The van der Waals surface area contributed by atoms with E-state index in [4.69, 9.17) is 19.9 Å². The Kier molecular flexibility index (Phi) is 8.40. The lowest BCUT2D eigenvalue weighted by Crippen LogP contribution is -2.30. The van der Waals surface area contributed by atoms with Gasteiger partial charge in [0.2, 0.25) is 11.7 Å². The van der Waals surface area contributed by atoms with Gasteiger partial charge < -0.3 is 30.2 Å². The predicted octanol–water partition coefficient (Wildman–Crippen LogP) is 4.22. The third-order valence-electron chi connectivity index (χ3n) is 5.40. The third kappa shape index (κ3) is 5.88. The van der Waals surface area contributed by atoms with Gasteiger partial charge in [0.1, 0.15) is 0 Å². The molecule has 0 saturated carbocycles. The average molecular weight is 456 g/mol. The molecule has 1 fully saturated rings. The molecule has 0 unspecified atom stereocenters. The molecule has 178 valence electrons. The monoisotopic (exact) mass is 455 g/mol. The number of piperidine rings is 1. The van der Waals surface area contributed by atoms with E-state index >= 15 is 0 Å². The first-order valence-electron chi connectivity index (χ1n) is 11.5. The lowest BCUT2D eigenvalue weighted by atomic mass is 10.1. The lowest BCUT2D eigenvalue weighted by molar-refractivity contribution is 0.0996. The molecule has 2 amide bonds. The molecule has 0 aliphatic carbocycles. The van der Waals surface area contributed by atoms with Crippen molar-refractivity contribution in [2.45, 2.75) is 40.0 Å². The standard InChI is InChI=1S/C25H33N3O5/c1-4-31-21-15-18(16-22(32-5-2)23(21)33-6-3)25(30)27-19-14-17(24(26)29)10-11-20(19)28-12-8-7-9-13-28/h10-11,14-16H,4-9,12-13H2,1-3H3,(H2,26,29)(H,27,30). The number of rotatable bonds is 10. The molecule has 2 aromatic carbocycles. The molecule has 8 nitrogen and oxygen atoms in total. The minimum absolute atomic E-state index is 0.336. The van der Waals surface area contributed by atoms with Crippen LogP contribution in [0.1, 0.15) is 60.7 Å². The maximum atomic E-state index is 13.3. The van der Waals surface area contributed by atoms with E-state index in [2.05, 4.69) is 10.2 Å². The number of nitrogens with two attached hydrogens (primary N) is 1. The van der Waals surface area contributed by atoms with E-state index in [1.807, 2.05) is 26.8 Å². The number of hydrogen-bond acceptors (Lipinski definition) is 6. The molecule has 1 aliphatic heterocycles. The molecule has 0 spiro atoms. The van der Waals surface area contributed by atoms with Gasteiger partial charge in [0, 0.05) is 24.2 Å². The van der Waals surface area contributed by atoms with Crippen LogP contribution in [0.2, 0.25) is 0 Å². The van der Waals surface area contributed by atoms with E-state index in [1.54, 1.807) is 24.3 Å². The van der Waals surface area contributed by atoms with E-state index in [9.17, 15) is 9.59 Å². The highest BCUT2D eigenvalue weighted by molar-refractivity contribution is 6.07. The van der Waals surface area contributed by atoms with Gasteiger partial charge in [-0.05, 0) is 70.4 Å². The van der Waals surface area contributed by atoms with E-state index < -0.39 is 5.91 Å². The Morgan fingerprint density at radius 3 is 2.03 bits per heavy atom. The number of carbonyl (C=O) groups excluding carboxylic acids is 2. The average Bonchev–Trinajstić information content (AvgIpc) is 2.81. The Bertz CT molecular complexity index is 959. The summed E-state index contributed by atoms with van der Waals surface area (Å²) in [5.74, 6) is 0.464. The van der Waals surface area contributed by atoms with Crippen molar-refractivity contribution in [1.29, 1.82) is 0 Å². The van der Waals surface area contributed by atoms with Crippen LogP contribution in [0.3, 0.4) is 0 Å². The molecule has 1 heterocycles. The Morgan fingerprint density at radius 1 is 0.879 bits per heavy atom. The highest BCUT2D eigenvalue weighted by atomic mass is 16.5. The minimum atomic E-state index is -0.547. The molecule has 8 heteroatoms. The maximum Gasteiger partial charge on any atom is 0.255 e. The van der Waals surface area contributed by atoms with Gasteiger partial charge in [-0.1, -0.05) is 0 Å². The Balaban J connectivity index is 1.98. The van der Waals surface area contributed by atoms with Crippen LogP contribution >= 0.6 is 0 Å². The summed E-state index contributed by atoms with van der Waals surface area (Å²) in [4.78, 5) is 27.3. The first-order chi connectivity index (χ1) is 16.0. The molecule has 33 heavy (non-hydrogen) atoms. The zero-order valence-corrected chi connectivity index (χ0v) is 19.6. The van der Waals surface area contributed by atoms with Crippen LogP contribution in [0.5, 0.6) is 17.2 Å². The summed E-state index contributed by atoms with van der Waals surface area (Å²) in [6, 6.07) is 8.46. The van der Waals surface area contributed by atoms with Gasteiger partial charge in [-0.15, -0.1) is 0 Å². The number of nitrogens with zero attached hydrogens (tertiary/aromatic N) is 1. The van der Waals surface area contributed by atoms with Crippen molar-refractivity contribution < 1.29 is 23.8 Å². The zero-order valence-electron chi connectivity index (χ0n) is 19.6. The molecule has 0 atom stereocenters. The molecule has 0 radical (unpaired) electrons. The van der Waals surface area contributed by atoms with Gasteiger partial charge >= 0.3 is 0 Å². The summed E-state index contributed by atoms with van der Waals surface area (Å²) >= 11 is 0. The number of anilines is 2. The van der Waals surface area contributed by atoms with Crippen molar-refractivity contribution in [1.82, 2.24) is 0 Å². The van der Waals surface area contributed by atoms with Crippen molar-refractivity contribution in [3.63, 3.8) is 0 Å². The fraction of sp³-hybridized carbons (Fsp3) is 0.440. The van der Waals surface area contributed by atoms with Crippen molar-refractivity contribution in [2.75, 3.05) is 43.1 Å². The summed E-state index contributed by atoms with van der Waals surface area (Å²) in [7, 11) is 0. The second-order valence-corrected chi connectivity index (χ2v) is 7.70. The van der Waals surface area contributed by atoms with Gasteiger partial charge in [-0.3, -0.25) is 9.59 Å². The first-order valence-corrected chi connectivity index (χ1v) is 11.5. The van der Waals surface area contributed by atoms with E-state index in [0.717, 1.165) is 31.6 Å². The van der Waals surface area contributed by atoms with Gasteiger partial charge in [0.05, 0.1) is 31.2 Å². The van der Waals surface area contributed by atoms with Crippen molar-refractivity contribution in [2.24, 2.45) is 5.73 Å². The van der Waals surface area contributed by atoms with E-state index in [-0.39, 0.29) is 5.91 Å². The summed E-state index contributed by atoms with van der Waals surface area (Å²) < 4.78 is 17.2. The fourth-order valence-corrected chi connectivity index (χ4v) is 3.91. The summed E-state index contributed by atoms with van der Waals surface area (Å²) in [5, 5.41) is 2.97. The second-order valence-electron chi connectivity index (χ2n) is 7.70. The molecule has 1 saturated heterocycles. The minimum Gasteiger partial charge on any atom is -0.490 e. The predicted molar refractivity (Wildman–Crippen MR) is 129 cm³/mol. The van der Waals surface area contributed by atoms with Crippen LogP contribution in [0, 0.1) is 0 Å². The number of hydrogen-bond donors (Lipinski definition) is 2. The topological polar surface area (TPSA) is 103 Å². The fourth-order valence-electron chi connectivity index (χ4n) is 3.91. The number of primary amides is 1. The van der Waals surface area contributed by atoms with E-state index in [1.165, 1.54) is 6.42 Å². The molecule has 3 rings (SSSR count). The Labute approximate surface area is 195 Å². The van der Waals surface area contributed by atoms with Crippen molar-refractivity contribution in [3.05, 3.63) is 41.5 Å². The van der Waals surface area contributed by atoms with Crippen molar-refractivity contribution >= 4 is 23.2 Å². The molecule has 0 aromatic heterocycles.